The zero-order valence-corrected chi connectivity index (χ0v) is 13.4. The van der Waals surface area contributed by atoms with E-state index >= 15 is 0 Å². The number of nitrogens with two attached hydrogens (primary N) is 1. The number of carbonyl (C=O) groups is 1. The number of rotatable bonds is 6. The van der Waals surface area contributed by atoms with Crippen molar-refractivity contribution in [2.45, 2.75) is 13.8 Å². The second kappa shape index (κ2) is 7.45. The van der Waals surface area contributed by atoms with Crippen molar-refractivity contribution < 1.29 is 4.79 Å². The normalized spacial score (nSPS) is 10.3. The predicted molar refractivity (Wildman–Crippen MR) is 86.4 cm³/mol. The van der Waals surface area contributed by atoms with Gasteiger partial charge in [0.15, 0.2) is 0 Å². The van der Waals surface area contributed by atoms with Gasteiger partial charge in [0, 0.05) is 22.3 Å². The van der Waals surface area contributed by atoms with Crippen molar-refractivity contribution in [1.82, 2.24) is 5.32 Å². The molecule has 1 aromatic carbocycles. The first-order valence-corrected chi connectivity index (χ1v) is 7.20. The van der Waals surface area contributed by atoms with Gasteiger partial charge in [-0.15, -0.1) is 0 Å². The van der Waals surface area contributed by atoms with Crippen LogP contribution in [-0.4, -0.2) is 24.0 Å². The van der Waals surface area contributed by atoms with E-state index in [0.717, 1.165) is 15.7 Å². The fraction of sp³-hybridized carbons (Fsp3) is 0.385. The van der Waals surface area contributed by atoms with E-state index in [0.29, 0.717) is 17.5 Å². The maximum atomic E-state index is 11.6. The highest BCUT2D eigenvalue weighted by atomic mass is 79.9. The Kier molecular flexibility index (Phi) is 6.24. The Morgan fingerprint density at radius 1 is 1.47 bits per heavy atom. The molecule has 0 aliphatic rings. The molecule has 104 valence electrons. The summed E-state index contributed by atoms with van der Waals surface area (Å²) in [6.07, 6.45) is 0. The number of hydrogen-bond acceptors (Lipinski definition) is 3. The molecule has 4 nitrogen and oxygen atoms in total. The van der Waals surface area contributed by atoms with E-state index in [1.165, 1.54) is 0 Å². The predicted octanol–water partition coefficient (Wildman–Crippen LogP) is 2.27. The molecule has 0 saturated carbocycles. The molecular weight excluding hydrogens is 326 g/mol. The first kappa shape index (κ1) is 15.9. The molecule has 0 heterocycles. The lowest BCUT2D eigenvalue weighted by Crippen LogP contribution is -2.32. The zero-order valence-electron chi connectivity index (χ0n) is 11.0. The number of amides is 1. The first-order valence-electron chi connectivity index (χ1n) is 6.00. The Balaban J connectivity index is 2.62. The quantitative estimate of drug-likeness (QED) is 0.693. The average Bonchev–Trinajstić information content (AvgIpc) is 2.34. The maximum Gasteiger partial charge on any atom is 0.239 e. The topological polar surface area (TPSA) is 67.2 Å². The Hall–Kier alpha value is -1.14. The molecule has 4 N–H and O–H groups in total. The number of hydrogen-bond donors (Lipinski definition) is 3. The van der Waals surface area contributed by atoms with E-state index in [9.17, 15) is 4.79 Å². The van der Waals surface area contributed by atoms with Crippen molar-refractivity contribution in [2.75, 3.05) is 18.4 Å². The first-order chi connectivity index (χ1) is 8.90. The van der Waals surface area contributed by atoms with Crippen LogP contribution in [-0.2, 0) is 4.79 Å². The number of nitrogens with one attached hydrogen (secondary N) is 2. The number of halogens is 1. The second-order valence-electron chi connectivity index (χ2n) is 4.61. The average molecular weight is 344 g/mol. The van der Waals surface area contributed by atoms with Gasteiger partial charge >= 0.3 is 0 Å². The summed E-state index contributed by atoms with van der Waals surface area (Å²) in [4.78, 5) is 11.9. The second-order valence-corrected chi connectivity index (χ2v) is 5.96. The van der Waals surface area contributed by atoms with Crippen LogP contribution in [0.4, 0.5) is 5.69 Å². The fourth-order valence-corrected chi connectivity index (χ4v) is 1.96. The summed E-state index contributed by atoms with van der Waals surface area (Å²) in [5.41, 5.74) is 7.14. The molecular formula is C13H18BrN3OS. The monoisotopic (exact) mass is 343 g/mol. The lowest BCUT2D eigenvalue weighted by molar-refractivity contribution is -0.119. The van der Waals surface area contributed by atoms with E-state index in [1.54, 1.807) is 0 Å². The molecule has 0 saturated heterocycles. The molecule has 0 aliphatic carbocycles. The molecule has 1 aromatic rings. The highest BCUT2D eigenvalue weighted by Gasteiger charge is 2.08. The van der Waals surface area contributed by atoms with Gasteiger partial charge in [0.2, 0.25) is 5.91 Å². The van der Waals surface area contributed by atoms with Gasteiger partial charge in [-0.25, -0.2) is 0 Å². The number of carbonyl (C=O) groups excluding carboxylic acids is 1. The van der Waals surface area contributed by atoms with E-state index in [2.05, 4.69) is 26.6 Å². The molecule has 0 aromatic heterocycles. The van der Waals surface area contributed by atoms with Gasteiger partial charge in [-0.2, -0.15) is 0 Å². The Bertz CT molecular complexity index is 477. The van der Waals surface area contributed by atoms with Gasteiger partial charge < -0.3 is 16.4 Å². The minimum atomic E-state index is -0.0505. The summed E-state index contributed by atoms with van der Waals surface area (Å²) >= 11 is 8.35. The van der Waals surface area contributed by atoms with Crippen LogP contribution in [0.3, 0.4) is 0 Å². The number of benzene rings is 1. The highest BCUT2D eigenvalue weighted by molar-refractivity contribution is 9.10. The maximum absolute atomic E-state index is 11.6. The summed E-state index contributed by atoms with van der Waals surface area (Å²) in [6.45, 7) is 4.97. The smallest absolute Gasteiger partial charge is 0.239 e. The van der Waals surface area contributed by atoms with Crippen LogP contribution in [0.25, 0.3) is 0 Å². The van der Waals surface area contributed by atoms with Crippen LogP contribution in [0.15, 0.2) is 22.7 Å². The molecule has 0 atom stereocenters. The third kappa shape index (κ3) is 5.57. The van der Waals surface area contributed by atoms with Crippen molar-refractivity contribution in [2.24, 2.45) is 11.7 Å². The molecule has 0 aliphatic heterocycles. The van der Waals surface area contributed by atoms with Gasteiger partial charge in [-0.3, -0.25) is 4.79 Å². The lowest BCUT2D eigenvalue weighted by atomic mass is 10.2. The fourth-order valence-electron chi connectivity index (χ4n) is 1.43. The molecule has 0 bridgehead atoms. The largest absolute Gasteiger partial charge is 0.389 e. The Labute approximate surface area is 127 Å². The van der Waals surface area contributed by atoms with Crippen LogP contribution in [0, 0.1) is 5.92 Å². The van der Waals surface area contributed by atoms with E-state index < -0.39 is 0 Å². The molecule has 1 rings (SSSR count). The van der Waals surface area contributed by atoms with Crippen LogP contribution >= 0.6 is 28.1 Å². The van der Waals surface area contributed by atoms with Gasteiger partial charge in [0.05, 0.1) is 6.54 Å². The third-order valence-corrected chi connectivity index (χ3v) is 3.11. The highest BCUT2D eigenvalue weighted by Crippen LogP contribution is 2.20. The van der Waals surface area contributed by atoms with Crippen LogP contribution in [0.5, 0.6) is 0 Å². The van der Waals surface area contributed by atoms with Crippen LogP contribution in [0.1, 0.15) is 19.4 Å². The van der Waals surface area contributed by atoms with Crippen molar-refractivity contribution in [3.05, 3.63) is 28.2 Å². The van der Waals surface area contributed by atoms with Gasteiger partial charge in [-0.05, 0) is 24.1 Å². The van der Waals surface area contributed by atoms with E-state index in [-0.39, 0.29) is 12.5 Å². The Morgan fingerprint density at radius 3 is 2.74 bits per heavy atom. The molecule has 0 spiro atoms. The molecule has 19 heavy (non-hydrogen) atoms. The third-order valence-electron chi connectivity index (χ3n) is 2.39. The minimum Gasteiger partial charge on any atom is -0.389 e. The summed E-state index contributed by atoms with van der Waals surface area (Å²) in [7, 11) is 0. The summed E-state index contributed by atoms with van der Waals surface area (Å²) in [5, 5.41) is 5.88. The molecule has 0 fully saturated rings. The zero-order chi connectivity index (χ0) is 14.4. The SMILES string of the molecule is CC(C)CNC(=O)CNc1ccc(Br)cc1C(N)=S. The van der Waals surface area contributed by atoms with Gasteiger partial charge in [0.25, 0.3) is 0 Å². The van der Waals surface area contributed by atoms with Crippen molar-refractivity contribution in [3.63, 3.8) is 0 Å². The Morgan fingerprint density at radius 2 is 2.16 bits per heavy atom. The lowest BCUT2D eigenvalue weighted by Gasteiger charge is -2.12. The molecule has 0 radical (unpaired) electrons. The number of anilines is 1. The van der Waals surface area contributed by atoms with Crippen molar-refractivity contribution in [3.8, 4) is 0 Å². The molecule has 0 unspecified atom stereocenters. The summed E-state index contributed by atoms with van der Waals surface area (Å²) in [6, 6.07) is 5.54. The summed E-state index contributed by atoms with van der Waals surface area (Å²) in [5.74, 6) is 0.384. The van der Waals surface area contributed by atoms with Crippen molar-refractivity contribution in [1.29, 1.82) is 0 Å². The summed E-state index contributed by atoms with van der Waals surface area (Å²) < 4.78 is 0.894. The van der Waals surface area contributed by atoms with Crippen LogP contribution < -0.4 is 16.4 Å². The standard InChI is InChI=1S/C13H18BrN3OS/c1-8(2)6-17-12(18)7-16-11-4-3-9(14)5-10(11)13(15)19/h3-5,8,16H,6-7H2,1-2H3,(H2,15,19)(H,17,18). The van der Waals surface area contributed by atoms with Gasteiger partial charge in [-0.1, -0.05) is 42.0 Å². The van der Waals surface area contributed by atoms with Gasteiger partial charge in [0.1, 0.15) is 4.99 Å². The van der Waals surface area contributed by atoms with Crippen LogP contribution in [0.2, 0.25) is 0 Å². The van der Waals surface area contributed by atoms with E-state index in [4.69, 9.17) is 18.0 Å². The number of thiocarbonyl (C=S) groups is 1. The minimum absolute atomic E-state index is 0.0505. The van der Waals surface area contributed by atoms with Crippen molar-refractivity contribution >= 4 is 44.7 Å². The molecule has 1 amide bonds. The molecule has 6 heteroatoms. The van der Waals surface area contributed by atoms with E-state index in [1.807, 2.05) is 32.0 Å².